The van der Waals surface area contributed by atoms with Crippen LogP contribution in [0.1, 0.15) is 32.4 Å². The van der Waals surface area contributed by atoms with Gasteiger partial charge in [-0.15, -0.1) is 0 Å². The second-order valence-electron chi connectivity index (χ2n) is 5.07. The molecule has 0 aromatic carbocycles. The van der Waals surface area contributed by atoms with Crippen molar-refractivity contribution < 1.29 is 0 Å². The molecule has 1 saturated heterocycles. The molecule has 1 unspecified atom stereocenters. The van der Waals surface area contributed by atoms with E-state index < -0.39 is 0 Å². The van der Waals surface area contributed by atoms with Crippen LogP contribution in [0.5, 0.6) is 0 Å². The van der Waals surface area contributed by atoms with Crippen molar-refractivity contribution in [3.63, 3.8) is 0 Å². The monoisotopic (exact) mass is 234 g/mol. The molecule has 94 valence electrons. The molecular formula is C13H22N4. The number of hydrogen-bond donors (Lipinski definition) is 1. The third kappa shape index (κ3) is 2.94. The van der Waals surface area contributed by atoms with Gasteiger partial charge in [-0.25, -0.2) is 4.98 Å². The number of likely N-dealkylation sites (tertiary alicyclic amines) is 1. The van der Waals surface area contributed by atoms with Gasteiger partial charge in [0.1, 0.15) is 5.82 Å². The molecule has 0 aliphatic carbocycles. The molecule has 1 fully saturated rings. The van der Waals surface area contributed by atoms with E-state index in [4.69, 9.17) is 0 Å². The van der Waals surface area contributed by atoms with Crippen LogP contribution in [0.25, 0.3) is 0 Å². The van der Waals surface area contributed by atoms with E-state index in [1.165, 1.54) is 19.4 Å². The Morgan fingerprint density at radius 1 is 1.41 bits per heavy atom. The highest BCUT2D eigenvalue weighted by molar-refractivity contribution is 5.29. The van der Waals surface area contributed by atoms with E-state index in [1.54, 1.807) is 6.20 Å². The van der Waals surface area contributed by atoms with Crippen LogP contribution in [0.15, 0.2) is 12.4 Å². The Labute approximate surface area is 103 Å². The summed E-state index contributed by atoms with van der Waals surface area (Å²) in [6.07, 6.45) is 6.31. The lowest BCUT2D eigenvalue weighted by molar-refractivity contribution is 0.196. The summed E-state index contributed by atoms with van der Waals surface area (Å²) in [6, 6.07) is 0.709. The van der Waals surface area contributed by atoms with Crippen molar-refractivity contribution in [2.75, 3.05) is 18.9 Å². The fourth-order valence-electron chi connectivity index (χ4n) is 2.58. The fourth-order valence-corrected chi connectivity index (χ4v) is 2.58. The molecule has 0 spiro atoms. The smallest absolute Gasteiger partial charge is 0.144 e. The highest BCUT2D eigenvalue weighted by Gasteiger charge is 2.27. The van der Waals surface area contributed by atoms with Crippen LogP contribution in [0.4, 0.5) is 5.82 Å². The van der Waals surface area contributed by atoms with Crippen LogP contribution in [0, 0.1) is 5.92 Å². The summed E-state index contributed by atoms with van der Waals surface area (Å²) in [5.41, 5.74) is 1.07. The molecule has 1 aliphatic rings. The van der Waals surface area contributed by atoms with E-state index in [2.05, 4.69) is 34.0 Å². The average molecular weight is 234 g/mol. The summed E-state index contributed by atoms with van der Waals surface area (Å²) in [5.74, 6) is 1.55. The van der Waals surface area contributed by atoms with Gasteiger partial charge in [-0.2, -0.15) is 0 Å². The van der Waals surface area contributed by atoms with Crippen LogP contribution in [0.3, 0.4) is 0 Å². The van der Waals surface area contributed by atoms with Crippen molar-refractivity contribution in [1.82, 2.24) is 14.9 Å². The molecule has 0 bridgehead atoms. The second-order valence-corrected chi connectivity index (χ2v) is 5.07. The van der Waals surface area contributed by atoms with Gasteiger partial charge in [-0.3, -0.25) is 9.88 Å². The lowest BCUT2D eigenvalue weighted by Crippen LogP contribution is -2.33. The minimum atomic E-state index is 0.709. The number of rotatable bonds is 4. The van der Waals surface area contributed by atoms with E-state index in [0.717, 1.165) is 24.0 Å². The van der Waals surface area contributed by atoms with Gasteiger partial charge in [0.2, 0.25) is 0 Å². The Bertz CT molecular complexity index is 347. The van der Waals surface area contributed by atoms with Crippen LogP contribution < -0.4 is 5.32 Å². The van der Waals surface area contributed by atoms with Crippen LogP contribution in [-0.4, -0.2) is 34.5 Å². The van der Waals surface area contributed by atoms with Crippen molar-refractivity contribution in [3.05, 3.63) is 18.1 Å². The summed E-state index contributed by atoms with van der Waals surface area (Å²) in [5, 5.41) is 2.99. The first kappa shape index (κ1) is 12.3. The first-order chi connectivity index (χ1) is 8.20. The summed E-state index contributed by atoms with van der Waals surface area (Å²) >= 11 is 0. The highest BCUT2D eigenvalue weighted by atomic mass is 15.2. The van der Waals surface area contributed by atoms with E-state index in [0.29, 0.717) is 6.04 Å². The molecule has 1 aromatic rings. The Hall–Kier alpha value is -1.16. The molecule has 1 atom stereocenters. The predicted molar refractivity (Wildman–Crippen MR) is 69.8 cm³/mol. The second kappa shape index (κ2) is 5.45. The van der Waals surface area contributed by atoms with Gasteiger partial charge >= 0.3 is 0 Å². The molecular weight excluding hydrogens is 212 g/mol. The van der Waals surface area contributed by atoms with Crippen LogP contribution >= 0.6 is 0 Å². The van der Waals surface area contributed by atoms with E-state index in [1.807, 2.05) is 13.2 Å². The van der Waals surface area contributed by atoms with Crippen LogP contribution in [0.2, 0.25) is 0 Å². The maximum Gasteiger partial charge on any atom is 0.144 e. The summed E-state index contributed by atoms with van der Waals surface area (Å²) in [6.45, 7) is 6.73. The molecule has 4 nitrogen and oxygen atoms in total. The summed E-state index contributed by atoms with van der Waals surface area (Å²) in [4.78, 5) is 11.3. The fraction of sp³-hybridized carbons (Fsp3) is 0.692. The molecule has 2 rings (SSSR count). The van der Waals surface area contributed by atoms with Gasteiger partial charge in [0.25, 0.3) is 0 Å². The largest absolute Gasteiger partial charge is 0.372 e. The van der Waals surface area contributed by atoms with Crippen LogP contribution in [-0.2, 0) is 6.54 Å². The Morgan fingerprint density at radius 2 is 2.24 bits per heavy atom. The Kier molecular flexibility index (Phi) is 3.94. The molecule has 4 heteroatoms. The number of hydrogen-bond acceptors (Lipinski definition) is 4. The van der Waals surface area contributed by atoms with Gasteiger partial charge in [0.15, 0.2) is 0 Å². The first-order valence-corrected chi connectivity index (χ1v) is 6.43. The zero-order valence-corrected chi connectivity index (χ0v) is 11.0. The zero-order chi connectivity index (χ0) is 12.3. The maximum atomic E-state index is 4.44. The molecule has 1 N–H and O–H groups in total. The minimum absolute atomic E-state index is 0.709. The standard InChI is InChI=1S/C13H22N4/c1-10(2)12-5-4-6-17(12)9-11-7-16-13(14-3)8-15-11/h7-8,10,12H,4-6,9H2,1-3H3,(H,14,16). The number of aromatic nitrogens is 2. The Morgan fingerprint density at radius 3 is 2.82 bits per heavy atom. The zero-order valence-electron chi connectivity index (χ0n) is 11.0. The van der Waals surface area contributed by atoms with Gasteiger partial charge in [0, 0.05) is 19.6 Å². The van der Waals surface area contributed by atoms with Crippen molar-refractivity contribution >= 4 is 5.82 Å². The number of anilines is 1. The van der Waals surface area contributed by atoms with E-state index >= 15 is 0 Å². The maximum absolute atomic E-state index is 4.44. The third-order valence-corrected chi connectivity index (χ3v) is 3.51. The quantitative estimate of drug-likeness (QED) is 0.866. The Balaban J connectivity index is 1.99. The minimum Gasteiger partial charge on any atom is -0.372 e. The van der Waals surface area contributed by atoms with Crippen molar-refractivity contribution in [2.45, 2.75) is 39.3 Å². The normalized spacial score (nSPS) is 21.1. The summed E-state index contributed by atoms with van der Waals surface area (Å²) < 4.78 is 0. The third-order valence-electron chi connectivity index (χ3n) is 3.51. The predicted octanol–water partition coefficient (Wildman–Crippen LogP) is 2.14. The first-order valence-electron chi connectivity index (χ1n) is 6.43. The van der Waals surface area contributed by atoms with Gasteiger partial charge < -0.3 is 5.32 Å². The van der Waals surface area contributed by atoms with Crippen molar-refractivity contribution in [2.24, 2.45) is 5.92 Å². The van der Waals surface area contributed by atoms with Crippen molar-refractivity contribution in [3.8, 4) is 0 Å². The van der Waals surface area contributed by atoms with E-state index in [-0.39, 0.29) is 0 Å². The van der Waals surface area contributed by atoms with Gasteiger partial charge in [0.05, 0.1) is 18.1 Å². The molecule has 0 amide bonds. The summed E-state index contributed by atoms with van der Waals surface area (Å²) in [7, 11) is 1.86. The SMILES string of the molecule is CNc1cnc(CN2CCCC2C(C)C)cn1. The van der Waals surface area contributed by atoms with Gasteiger partial charge in [-0.1, -0.05) is 13.8 Å². The molecule has 2 heterocycles. The van der Waals surface area contributed by atoms with Gasteiger partial charge in [-0.05, 0) is 25.3 Å². The van der Waals surface area contributed by atoms with E-state index in [9.17, 15) is 0 Å². The molecule has 1 aliphatic heterocycles. The molecule has 17 heavy (non-hydrogen) atoms. The lowest BCUT2D eigenvalue weighted by Gasteiger charge is -2.27. The number of nitrogens with zero attached hydrogens (tertiary/aromatic N) is 3. The van der Waals surface area contributed by atoms with Crippen molar-refractivity contribution in [1.29, 1.82) is 0 Å². The topological polar surface area (TPSA) is 41.1 Å². The molecule has 0 saturated carbocycles. The average Bonchev–Trinajstić information content (AvgIpc) is 2.78. The molecule has 0 radical (unpaired) electrons. The molecule has 1 aromatic heterocycles. The highest BCUT2D eigenvalue weighted by Crippen LogP contribution is 2.24. The lowest BCUT2D eigenvalue weighted by atomic mass is 10.0. The number of nitrogens with one attached hydrogen (secondary N) is 1.